The quantitative estimate of drug-likeness (QED) is 0.518. The second kappa shape index (κ2) is 9.10. The first kappa shape index (κ1) is 22.0. The number of ether oxygens (including phenoxy) is 1. The van der Waals surface area contributed by atoms with Gasteiger partial charge in [0, 0.05) is 10.6 Å². The molecule has 1 aromatic carbocycles. The number of benzene rings is 1. The van der Waals surface area contributed by atoms with Crippen molar-refractivity contribution in [2.24, 2.45) is 0 Å². The number of hydrogen-bond acceptors (Lipinski definition) is 8. The highest BCUT2D eigenvalue weighted by Crippen LogP contribution is 2.41. The number of carbonyl (C=O) groups is 1. The van der Waals surface area contributed by atoms with Crippen molar-refractivity contribution in [3.63, 3.8) is 0 Å². The summed E-state index contributed by atoms with van der Waals surface area (Å²) in [7, 11) is 3.92. The summed E-state index contributed by atoms with van der Waals surface area (Å²) in [5.41, 5.74) is 1.75. The predicted octanol–water partition coefficient (Wildman–Crippen LogP) is 5.03. The van der Waals surface area contributed by atoms with Crippen molar-refractivity contribution in [3.8, 4) is 0 Å². The van der Waals surface area contributed by atoms with E-state index in [9.17, 15) is 9.18 Å². The second-order valence-corrected chi connectivity index (χ2v) is 9.84. The van der Waals surface area contributed by atoms with Gasteiger partial charge in [-0.2, -0.15) is 0 Å². The molecule has 0 saturated carbocycles. The minimum Gasteiger partial charge on any atom is -0.462 e. The summed E-state index contributed by atoms with van der Waals surface area (Å²) in [5, 5.41) is 4.38. The first-order valence-electron chi connectivity index (χ1n) is 10.2. The van der Waals surface area contributed by atoms with E-state index in [-0.39, 0.29) is 17.8 Å². The van der Waals surface area contributed by atoms with Crippen molar-refractivity contribution in [2.45, 2.75) is 37.8 Å². The van der Waals surface area contributed by atoms with Crippen LogP contribution >= 0.6 is 23.1 Å². The number of aryl methyl sites for hydroxylation is 1. The van der Waals surface area contributed by atoms with E-state index >= 15 is 0 Å². The average molecular weight is 461 g/mol. The van der Waals surface area contributed by atoms with Crippen LogP contribution in [0.4, 0.5) is 10.2 Å². The molecular formula is C22H25FN4O2S2. The number of nitrogens with one attached hydrogen (secondary N) is 1. The summed E-state index contributed by atoms with van der Waals surface area (Å²) in [6.45, 7) is 4.58. The van der Waals surface area contributed by atoms with Gasteiger partial charge < -0.3 is 15.0 Å². The van der Waals surface area contributed by atoms with Crippen LogP contribution in [-0.2, 0) is 11.3 Å². The molecule has 0 bridgehead atoms. The molecule has 2 aromatic heterocycles. The fourth-order valence-electron chi connectivity index (χ4n) is 3.71. The summed E-state index contributed by atoms with van der Waals surface area (Å²) in [6, 6.07) is 4.87. The van der Waals surface area contributed by atoms with Gasteiger partial charge in [-0.3, -0.25) is 0 Å². The van der Waals surface area contributed by atoms with Crippen molar-refractivity contribution < 1.29 is 13.9 Å². The van der Waals surface area contributed by atoms with Gasteiger partial charge in [-0.1, -0.05) is 0 Å². The Kier molecular flexibility index (Phi) is 6.45. The largest absolute Gasteiger partial charge is 0.462 e. The fourth-order valence-corrected chi connectivity index (χ4v) is 5.91. The maximum Gasteiger partial charge on any atom is 0.348 e. The average Bonchev–Trinajstić information content (AvgIpc) is 3.05. The monoisotopic (exact) mass is 460 g/mol. The molecule has 0 spiro atoms. The van der Waals surface area contributed by atoms with Crippen molar-refractivity contribution in [1.82, 2.24) is 14.9 Å². The van der Waals surface area contributed by atoms with E-state index < -0.39 is 0 Å². The Morgan fingerprint density at radius 3 is 2.90 bits per heavy atom. The highest BCUT2D eigenvalue weighted by molar-refractivity contribution is 7.99. The lowest BCUT2D eigenvalue weighted by Gasteiger charge is -2.27. The lowest BCUT2D eigenvalue weighted by Crippen LogP contribution is -2.19. The van der Waals surface area contributed by atoms with E-state index in [4.69, 9.17) is 14.7 Å². The molecule has 0 fully saturated rings. The van der Waals surface area contributed by atoms with Crippen LogP contribution in [0.25, 0.3) is 10.2 Å². The Morgan fingerprint density at radius 1 is 1.35 bits per heavy atom. The zero-order valence-electron chi connectivity index (χ0n) is 18.0. The van der Waals surface area contributed by atoms with Gasteiger partial charge in [0.2, 0.25) is 0 Å². The maximum atomic E-state index is 14.0. The van der Waals surface area contributed by atoms with Gasteiger partial charge >= 0.3 is 5.97 Å². The van der Waals surface area contributed by atoms with Crippen molar-refractivity contribution in [1.29, 1.82) is 0 Å². The van der Waals surface area contributed by atoms with Gasteiger partial charge in [-0.05, 0) is 63.7 Å². The molecule has 1 unspecified atom stereocenters. The van der Waals surface area contributed by atoms with Gasteiger partial charge in [0.15, 0.2) is 0 Å². The molecule has 3 heterocycles. The van der Waals surface area contributed by atoms with Crippen molar-refractivity contribution in [3.05, 3.63) is 45.8 Å². The summed E-state index contributed by atoms with van der Waals surface area (Å²) in [5.74, 6) is 1.70. The molecular weight excluding hydrogens is 435 g/mol. The predicted molar refractivity (Wildman–Crippen MR) is 124 cm³/mol. The van der Waals surface area contributed by atoms with Crippen molar-refractivity contribution in [2.75, 3.05) is 31.8 Å². The first-order valence-corrected chi connectivity index (χ1v) is 12.0. The number of esters is 1. The van der Waals surface area contributed by atoms with E-state index in [0.29, 0.717) is 29.7 Å². The highest BCUT2D eigenvalue weighted by Gasteiger charge is 2.26. The lowest BCUT2D eigenvalue weighted by atomic mass is 10.0. The van der Waals surface area contributed by atoms with Gasteiger partial charge in [0.05, 0.1) is 24.6 Å². The van der Waals surface area contributed by atoms with Gasteiger partial charge in [0.1, 0.15) is 27.2 Å². The van der Waals surface area contributed by atoms with Crippen LogP contribution in [0.3, 0.4) is 0 Å². The molecule has 0 aliphatic carbocycles. The highest BCUT2D eigenvalue weighted by atomic mass is 32.2. The Hall–Kier alpha value is -2.23. The molecule has 164 valence electrons. The Labute approximate surface area is 189 Å². The number of carbonyl (C=O) groups excluding carboxylic acids is 1. The number of rotatable bonds is 6. The molecule has 4 rings (SSSR count). The normalized spacial score (nSPS) is 15.9. The Balaban J connectivity index is 1.81. The molecule has 9 heteroatoms. The van der Waals surface area contributed by atoms with Crippen LogP contribution in [0.5, 0.6) is 0 Å². The number of thioether (sulfide) groups is 1. The number of halogens is 1. The summed E-state index contributed by atoms with van der Waals surface area (Å²) in [6.07, 6.45) is 0.851. The summed E-state index contributed by atoms with van der Waals surface area (Å²) < 4.78 is 19.2. The molecule has 1 N–H and O–H groups in total. The maximum absolute atomic E-state index is 14.0. The number of hydrogen-bond donors (Lipinski definition) is 1. The summed E-state index contributed by atoms with van der Waals surface area (Å²) >= 11 is 3.07. The van der Waals surface area contributed by atoms with Gasteiger partial charge in [0.25, 0.3) is 0 Å². The molecule has 1 atom stereocenters. The third-order valence-electron chi connectivity index (χ3n) is 5.08. The van der Waals surface area contributed by atoms with Crippen LogP contribution in [0, 0.1) is 12.7 Å². The topological polar surface area (TPSA) is 67.3 Å². The Bertz CT molecular complexity index is 1130. The van der Waals surface area contributed by atoms with Crippen molar-refractivity contribution >= 4 is 45.1 Å². The molecule has 31 heavy (non-hydrogen) atoms. The number of anilines is 1. The minimum atomic E-state index is -0.343. The van der Waals surface area contributed by atoms with Crippen LogP contribution in [-0.4, -0.2) is 47.3 Å². The van der Waals surface area contributed by atoms with Crippen LogP contribution < -0.4 is 5.32 Å². The number of nitrogens with zero attached hydrogens (tertiary/aromatic N) is 3. The SMILES string of the molecule is CCOC(=O)c1sc2nc(CN(C)C)nc(NC3CCSc4ccc(F)cc43)c2c1C. The second-order valence-electron chi connectivity index (χ2n) is 7.70. The van der Waals surface area contributed by atoms with Gasteiger partial charge in [-0.25, -0.2) is 19.2 Å². The van der Waals surface area contributed by atoms with E-state index in [1.165, 1.54) is 17.4 Å². The lowest BCUT2D eigenvalue weighted by molar-refractivity contribution is 0.0531. The molecule has 6 nitrogen and oxygen atoms in total. The van der Waals surface area contributed by atoms with E-state index in [2.05, 4.69) is 5.32 Å². The third kappa shape index (κ3) is 4.53. The Morgan fingerprint density at radius 2 is 2.16 bits per heavy atom. The molecule has 0 saturated heterocycles. The van der Waals surface area contributed by atoms with E-state index in [1.807, 2.05) is 32.0 Å². The number of fused-ring (bicyclic) bond motifs is 2. The minimum absolute atomic E-state index is 0.0670. The first-order chi connectivity index (χ1) is 14.9. The molecule has 1 aliphatic rings. The smallest absolute Gasteiger partial charge is 0.348 e. The van der Waals surface area contributed by atoms with Crippen LogP contribution in [0.1, 0.15) is 46.0 Å². The van der Waals surface area contributed by atoms with E-state index in [1.54, 1.807) is 24.8 Å². The molecule has 0 amide bonds. The van der Waals surface area contributed by atoms with Crippen LogP contribution in [0.2, 0.25) is 0 Å². The number of thiophene rings is 1. The zero-order chi connectivity index (χ0) is 22.1. The standard InChI is InChI=1S/C22H25FN4O2S2/c1-5-29-22(28)19-12(2)18-20(25-17(11-27(3)4)26-21(18)31-19)24-15-8-9-30-16-7-6-13(23)10-14(15)16/h6-7,10,15H,5,8-9,11H2,1-4H3,(H,24,25,26). The number of aromatic nitrogens is 2. The zero-order valence-corrected chi connectivity index (χ0v) is 19.6. The molecule has 3 aromatic rings. The van der Waals surface area contributed by atoms with E-state index in [0.717, 1.165) is 38.4 Å². The van der Waals surface area contributed by atoms with Gasteiger partial charge in [-0.15, -0.1) is 23.1 Å². The fraction of sp³-hybridized carbons (Fsp3) is 0.409. The van der Waals surface area contributed by atoms with Crippen LogP contribution in [0.15, 0.2) is 23.1 Å². The molecule has 0 radical (unpaired) electrons. The third-order valence-corrected chi connectivity index (χ3v) is 7.37. The molecule has 1 aliphatic heterocycles. The summed E-state index contributed by atoms with van der Waals surface area (Å²) in [4.78, 5) is 26.3.